The minimum absolute atomic E-state index is 0.114. The summed E-state index contributed by atoms with van der Waals surface area (Å²) in [6.45, 7) is 10.6. The molecule has 0 aliphatic carbocycles. The van der Waals surface area contributed by atoms with E-state index in [0.29, 0.717) is 77.9 Å². The number of hydrogen-bond acceptors (Lipinski definition) is 10. The van der Waals surface area contributed by atoms with Gasteiger partial charge in [-0.2, -0.15) is 18.3 Å². The van der Waals surface area contributed by atoms with Crippen molar-refractivity contribution in [3.05, 3.63) is 106 Å². The quantitative estimate of drug-likeness (QED) is 0.104. The maximum Gasteiger partial charge on any atom is 0.416 e. The number of nitrogens with zero attached hydrogens (tertiary/aromatic N) is 5. The number of hydrogen-bond donors (Lipinski definition) is 2. The van der Waals surface area contributed by atoms with Crippen molar-refractivity contribution in [1.29, 1.82) is 5.41 Å². The van der Waals surface area contributed by atoms with E-state index in [-0.39, 0.29) is 30.6 Å². The first-order valence-electron chi connectivity index (χ1n) is 16.0. The minimum Gasteiger partial charge on any atom is -0.489 e. The molecule has 4 aromatic rings. The first-order chi connectivity index (χ1) is 23.9. The van der Waals surface area contributed by atoms with Crippen LogP contribution in [-0.2, 0) is 12.7 Å². The van der Waals surface area contributed by atoms with E-state index >= 15 is 0 Å². The predicted molar refractivity (Wildman–Crippen MR) is 186 cm³/mol. The molecule has 2 N–H and O–H groups in total. The molecule has 0 amide bonds. The predicted octanol–water partition coefficient (Wildman–Crippen LogP) is 5.31. The Hall–Kier alpha value is -5.50. The van der Waals surface area contributed by atoms with E-state index in [4.69, 9.17) is 19.9 Å². The van der Waals surface area contributed by atoms with Gasteiger partial charge in [-0.05, 0) is 68.4 Å². The van der Waals surface area contributed by atoms with Crippen LogP contribution in [0.15, 0.2) is 88.9 Å². The first kappa shape index (κ1) is 35.8. The van der Waals surface area contributed by atoms with Crippen molar-refractivity contribution in [2.45, 2.75) is 32.7 Å². The van der Waals surface area contributed by atoms with Crippen molar-refractivity contribution in [2.75, 3.05) is 39.3 Å². The van der Waals surface area contributed by atoms with Gasteiger partial charge in [-0.1, -0.05) is 18.7 Å². The number of carbonyl (C=O) groups excluding carboxylic acids is 1. The van der Waals surface area contributed by atoms with Crippen LogP contribution in [0.5, 0.6) is 11.5 Å². The van der Waals surface area contributed by atoms with Crippen molar-refractivity contribution < 1.29 is 27.4 Å². The summed E-state index contributed by atoms with van der Waals surface area (Å²) in [4.78, 5) is 36.4. The monoisotopic (exact) mass is 689 g/mol. The summed E-state index contributed by atoms with van der Waals surface area (Å²) >= 11 is 0. The number of ketones is 1. The fourth-order valence-electron chi connectivity index (χ4n) is 5.48. The summed E-state index contributed by atoms with van der Waals surface area (Å²) in [5.41, 5.74) is 3.54. The number of ether oxygens (including phenoxy) is 2. The molecule has 2 heterocycles. The Bertz CT molecular complexity index is 1930. The van der Waals surface area contributed by atoms with Gasteiger partial charge in [0.25, 0.3) is 5.56 Å². The zero-order valence-electron chi connectivity index (χ0n) is 27.7. The molecular weight excluding hydrogens is 651 g/mol. The lowest BCUT2D eigenvalue weighted by Gasteiger charge is -2.37. The van der Waals surface area contributed by atoms with E-state index in [1.807, 2.05) is 19.9 Å². The minimum atomic E-state index is -4.42. The Labute approximate surface area is 287 Å². The van der Waals surface area contributed by atoms with E-state index in [1.54, 1.807) is 36.4 Å². The summed E-state index contributed by atoms with van der Waals surface area (Å²) in [7, 11) is 0. The maximum absolute atomic E-state index is 14.2. The number of benzene rings is 3. The molecule has 0 bridgehead atoms. The second kappa shape index (κ2) is 15.8. The van der Waals surface area contributed by atoms with E-state index in [2.05, 4.69) is 26.9 Å². The average molecular weight is 690 g/mol. The first-order valence-corrected chi connectivity index (χ1v) is 16.0. The van der Waals surface area contributed by atoms with Crippen LogP contribution >= 0.6 is 0 Å². The van der Waals surface area contributed by atoms with Crippen LogP contribution in [0.1, 0.15) is 35.6 Å². The Morgan fingerprint density at radius 1 is 1.08 bits per heavy atom. The van der Waals surface area contributed by atoms with Gasteiger partial charge in [-0.3, -0.25) is 19.1 Å². The van der Waals surface area contributed by atoms with Gasteiger partial charge in [0, 0.05) is 43.7 Å². The molecular formula is C36H38F3N7O4. The van der Waals surface area contributed by atoms with E-state index < -0.39 is 11.7 Å². The maximum atomic E-state index is 14.2. The number of hydrazone groups is 1. The van der Waals surface area contributed by atoms with Crippen LogP contribution in [0.25, 0.3) is 16.6 Å². The van der Waals surface area contributed by atoms with Gasteiger partial charge in [0.05, 0.1) is 47.6 Å². The van der Waals surface area contributed by atoms with Crippen molar-refractivity contribution in [2.24, 2.45) is 5.10 Å². The number of fused-ring (bicyclic) bond motifs is 1. The summed E-state index contributed by atoms with van der Waals surface area (Å²) in [5.74, 6) is 0.934. The van der Waals surface area contributed by atoms with E-state index in [9.17, 15) is 22.8 Å². The number of para-hydroxylation sites is 1. The Balaban J connectivity index is 1.36. The zero-order chi connectivity index (χ0) is 35.8. The second-order valence-electron chi connectivity index (χ2n) is 11.9. The molecule has 50 heavy (non-hydrogen) atoms. The molecule has 14 heteroatoms. The molecule has 0 spiro atoms. The van der Waals surface area contributed by atoms with Gasteiger partial charge in [0.2, 0.25) is 0 Å². The third-order valence-corrected chi connectivity index (χ3v) is 7.98. The molecule has 1 aliphatic heterocycles. The van der Waals surface area contributed by atoms with Gasteiger partial charge < -0.3 is 25.2 Å². The SMILES string of the molecule is C=C(COc1ccc(C(F)(F)F)cc1)N1CCN(Cc2nc3ccccc3c(=O)n2-c2cc(C(=O)CN/N=C\C=N)ccc2OC(C)C)CC1. The third-order valence-electron chi connectivity index (χ3n) is 7.98. The number of nitrogens with one attached hydrogen (secondary N) is 2. The van der Waals surface area contributed by atoms with E-state index in [0.717, 1.165) is 18.3 Å². The molecule has 0 saturated carbocycles. The van der Waals surface area contributed by atoms with Gasteiger partial charge in [-0.15, -0.1) is 0 Å². The summed E-state index contributed by atoms with van der Waals surface area (Å²) < 4.78 is 52.0. The number of rotatable bonds is 14. The highest BCUT2D eigenvalue weighted by Gasteiger charge is 2.30. The van der Waals surface area contributed by atoms with Crippen LogP contribution in [-0.4, -0.2) is 83.0 Å². The lowest BCUT2D eigenvalue weighted by Crippen LogP contribution is -2.46. The number of Topliss-reactive ketones (excluding diaryl/α,β-unsaturated/α-hetero) is 1. The topological polar surface area (TPSA) is 125 Å². The van der Waals surface area contributed by atoms with Crippen LogP contribution in [0.3, 0.4) is 0 Å². The third kappa shape index (κ3) is 8.74. The van der Waals surface area contributed by atoms with Crippen molar-refractivity contribution in [3.8, 4) is 17.2 Å². The zero-order valence-corrected chi connectivity index (χ0v) is 27.7. The standard InChI is InChI=1S/C36H38F3N7O4/c1-24(2)50-33-13-8-26(32(47)21-42-41-15-14-40)20-31(33)46-34(43-30-7-5-4-6-29(30)35(46)48)22-44-16-18-45(19-17-44)25(3)23-49-28-11-9-27(10-12-28)36(37,38)39/h4-15,20,24,40,42H,3,16-19,21-23H2,1-2H3/b40-14?,41-15-. The van der Waals surface area contributed by atoms with Crippen LogP contribution < -0.4 is 20.5 Å². The highest BCUT2D eigenvalue weighted by atomic mass is 19.4. The highest BCUT2D eigenvalue weighted by Crippen LogP contribution is 2.31. The summed E-state index contributed by atoms with van der Waals surface area (Å²) in [6.07, 6.45) is -2.42. The van der Waals surface area contributed by atoms with Gasteiger partial charge >= 0.3 is 6.18 Å². The molecule has 1 aromatic heterocycles. The molecule has 11 nitrogen and oxygen atoms in total. The summed E-state index contributed by atoms with van der Waals surface area (Å²) in [6, 6.07) is 16.6. The molecule has 3 aromatic carbocycles. The molecule has 0 atom stereocenters. The number of aromatic nitrogens is 2. The van der Waals surface area contributed by atoms with Crippen LogP contribution in [0, 0.1) is 5.41 Å². The Kier molecular flexibility index (Phi) is 11.3. The summed E-state index contributed by atoms with van der Waals surface area (Å²) in [5, 5.41) is 11.3. The van der Waals surface area contributed by atoms with Gasteiger partial charge in [0.1, 0.15) is 23.9 Å². The number of alkyl halides is 3. The molecule has 5 rings (SSSR count). The van der Waals surface area contributed by atoms with Crippen LogP contribution in [0.2, 0.25) is 0 Å². The lowest BCUT2D eigenvalue weighted by molar-refractivity contribution is -0.137. The largest absolute Gasteiger partial charge is 0.489 e. The second-order valence-corrected chi connectivity index (χ2v) is 11.9. The molecule has 0 unspecified atom stereocenters. The smallest absolute Gasteiger partial charge is 0.416 e. The molecule has 0 radical (unpaired) electrons. The Morgan fingerprint density at radius 2 is 1.80 bits per heavy atom. The number of piperazine rings is 1. The normalized spacial score (nSPS) is 13.9. The fraction of sp³-hybridized carbons (Fsp3) is 0.306. The lowest BCUT2D eigenvalue weighted by atomic mass is 10.1. The molecule has 1 fully saturated rings. The van der Waals surface area contributed by atoms with Crippen molar-refractivity contribution >= 4 is 29.1 Å². The number of carbonyl (C=O) groups is 1. The molecule has 1 saturated heterocycles. The van der Waals surface area contributed by atoms with Gasteiger partial charge in [-0.25, -0.2) is 4.98 Å². The van der Waals surface area contributed by atoms with Gasteiger partial charge in [0.15, 0.2) is 5.78 Å². The molecule has 262 valence electrons. The van der Waals surface area contributed by atoms with Crippen molar-refractivity contribution in [1.82, 2.24) is 24.8 Å². The van der Waals surface area contributed by atoms with E-state index in [1.165, 1.54) is 22.9 Å². The Morgan fingerprint density at radius 3 is 2.48 bits per heavy atom. The molecule has 1 aliphatic rings. The highest BCUT2D eigenvalue weighted by molar-refractivity contribution is 6.14. The number of halogens is 3. The average Bonchev–Trinajstić information content (AvgIpc) is 3.09. The van der Waals surface area contributed by atoms with Crippen LogP contribution in [0.4, 0.5) is 13.2 Å². The fourth-order valence-corrected chi connectivity index (χ4v) is 5.48. The van der Waals surface area contributed by atoms with Crippen molar-refractivity contribution in [3.63, 3.8) is 0 Å².